The standard InChI is InChI=1S/C16H15N3O2S/c1-11-2-4-15-12(8-11)3-5-16(15)19-22(20,21)14-6-7-18-13(9-14)10-17/h2,4,6-9,16,19H,3,5H2,1H3. The first-order chi connectivity index (χ1) is 10.5. The maximum atomic E-state index is 12.5. The Hall–Kier alpha value is -2.23. The molecule has 0 radical (unpaired) electrons. The van der Waals surface area contributed by atoms with Gasteiger partial charge in [0.1, 0.15) is 11.8 Å². The van der Waals surface area contributed by atoms with Gasteiger partial charge in [-0.1, -0.05) is 23.8 Å². The topological polar surface area (TPSA) is 82.8 Å². The molecule has 1 aromatic carbocycles. The van der Waals surface area contributed by atoms with Gasteiger partial charge in [0.15, 0.2) is 0 Å². The summed E-state index contributed by atoms with van der Waals surface area (Å²) >= 11 is 0. The van der Waals surface area contributed by atoms with E-state index in [1.165, 1.54) is 29.5 Å². The van der Waals surface area contributed by atoms with Gasteiger partial charge in [0, 0.05) is 12.2 Å². The number of nitrogens with zero attached hydrogens (tertiary/aromatic N) is 2. The quantitative estimate of drug-likeness (QED) is 0.942. The smallest absolute Gasteiger partial charge is 0.241 e. The highest BCUT2D eigenvalue weighted by molar-refractivity contribution is 7.89. The van der Waals surface area contributed by atoms with Gasteiger partial charge in [0.05, 0.1) is 4.90 Å². The fourth-order valence-corrected chi connectivity index (χ4v) is 4.03. The lowest BCUT2D eigenvalue weighted by molar-refractivity contribution is 0.554. The van der Waals surface area contributed by atoms with E-state index in [0.29, 0.717) is 0 Å². The van der Waals surface area contributed by atoms with Gasteiger partial charge < -0.3 is 0 Å². The fourth-order valence-electron chi connectivity index (χ4n) is 2.76. The predicted molar refractivity (Wildman–Crippen MR) is 81.5 cm³/mol. The largest absolute Gasteiger partial charge is 0.245 e. The van der Waals surface area contributed by atoms with Crippen LogP contribution in [0, 0.1) is 18.3 Å². The number of nitriles is 1. The third-order valence-electron chi connectivity index (χ3n) is 3.83. The van der Waals surface area contributed by atoms with E-state index in [-0.39, 0.29) is 16.6 Å². The Morgan fingerprint density at radius 3 is 2.91 bits per heavy atom. The zero-order chi connectivity index (χ0) is 15.7. The maximum Gasteiger partial charge on any atom is 0.241 e. The highest BCUT2D eigenvalue weighted by Crippen LogP contribution is 2.32. The zero-order valence-electron chi connectivity index (χ0n) is 12.1. The number of aromatic nitrogens is 1. The first-order valence-electron chi connectivity index (χ1n) is 6.97. The molecule has 3 rings (SSSR count). The third kappa shape index (κ3) is 2.73. The van der Waals surface area contributed by atoms with Crippen LogP contribution >= 0.6 is 0 Å². The van der Waals surface area contributed by atoms with Gasteiger partial charge in [-0.25, -0.2) is 18.1 Å². The monoisotopic (exact) mass is 313 g/mol. The second-order valence-electron chi connectivity index (χ2n) is 5.40. The van der Waals surface area contributed by atoms with Gasteiger partial charge in [-0.05, 0) is 43.0 Å². The summed E-state index contributed by atoms with van der Waals surface area (Å²) in [5.41, 5.74) is 3.49. The summed E-state index contributed by atoms with van der Waals surface area (Å²) in [7, 11) is -3.67. The first kappa shape index (κ1) is 14.7. The lowest BCUT2D eigenvalue weighted by atomic mass is 10.1. The Morgan fingerprint density at radius 2 is 2.14 bits per heavy atom. The molecule has 0 bridgehead atoms. The van der Waals surface area contributed by atoms with Crippen LogP contribution in [0.1, 0.15) is 34.8 Å². The Bertz CT molecular complexity index is 869. The van der Waals surface area contributed by atoms with Crippen molar-refractivity contribution in [2.24, 2.45) is 0 Å². The molecule has 5 nitrogen and oxygen atoms in total. The van der Waals surface area contributed by atoms with Crippen molar-refractivity contribution < 1.29 is 8.42 Å². The molecule has 0 amide bonds. The molecule has 1 aliphatic rings. The lowest BCUT2D eigenvalue weighted by Crippen LogP contribution is -2.27. The number of pyridine rings is 1. The first-order valence-corrected chi connectivity index (χ1v) is 8.46. The second-order valence-corrected chi connectivity index (χ2v) is 7.12. The van der Waals surface area contributed by atoms with E-state index in [1.807, 2.05) is 25.1 Å². The normalized spacial score (nSPS) is 17.0. The molecule has 1 N–H and O–H groups in total. The van der Waals surface area contributed by atoms with Gasteiger partial charge in [0.25, 0.3) is 0 Å². The number of aryl methyl sites for hydroxylation is 2. The number of fused-ring (bicyclic) bond motifs is 1. The fraction of sp³-hybridized carbons (Fsp3) is 0.250. The van der Waals surface area contributed by atoms with Crippen molar-refractivity contribution >= 4 is 10.0 Å². The summed E-state index contributed by atoms with van der Waals surface area (Å²) < 4.78 is 27.7. The Balaban J connectivity index is 1.89. The minimum Gasteiger partial charge on any atom is -0.245 e. The molecule has 0 spiro atoms. The molecule has 1 heterocycles. The summed E-state index contributed by atoms with van der Waals surface area (Å²) in [5, 5.41) is 8.84. The van der Waals surface area contributed by atoms with Crippen LogP contribution in [0.3, 0.4) is 0 Å². The van der Waals surface area contributed by atoms with Gasteiger partial charge in [0.2, 0.25) is 10.0 Å². The highest BCUT2D eigenvalue weighted by Gasteiger charge is 2.27. The summed E-state index contributed by atoms with van der Waals surface area (Å²) in [6, 6.07) is 10.4. The number of benzene rings is 1. The number of rotatable bonds is 3. The van der Waals surface area contributed by atoms with Crippen LogP contribution in [0.15, 0.2) is 41.4 Å². The average Bonchev–Trinajstić information content (AvgIpc) is 2.89. The van der Waals surface area contributed by atoms with Gasteiger partial charge in [-0.2, -0.15) is 5.26 Å². The number of hydrogen-bond donors (Lipinski definition) is 1. The molecule has 1 atom stereocenters. The Labute approximate surface area is 129 Å². The van der Waals surface area contributed by atoms with E-state index < -0.39 is 10.0 Å². The second kappa shape index (κ2) is 5.52. The number of hydrogen-bond acceptors (Lipinski definition) is 4. The average molecular weight is 313 g/mol. The van der Waals surface area contributed by atoms with E-state index in [4.69, 9.17) is 5.26 Å². The molecule has 2 aromatic rings. The summed E-state index contributed by atoms with van der Waals surface area (Å²) in [6.45, 7) is 2.03. The van der Waals surface area contributed by atoms with Crippen molar-refractivity contribution in [1.29, 1.82) is 5.26 Å². The molecule has 6 heteroatoms. The minimum absolute atomic E-state index is 0.0691. The van der Waals surface area contributed by atoms with Crippen LogP contribution in [0.5, 0.6) is 0 Å². The number of nitrogens with one attached hydrogen (secondary N) is 1. The molecule has 22 heavy (non-hydrogen) atoms. The SMILES string of the molecule is Cc1ccc2c(c1)CCC2NS(=O)(=O)c1ccnc(C#N)c1. The highest BCUT2D eigenvalue weighted by atomic mass is 32.2. The number of sulfonamides is 1. The Kier molecular flexibility index (Phi) is 3.69. The van der Waals surface area contributed by atoms with Crippen molar-refractivity contribution in [3.05, 3.63) is 58.9 Å². The van der Waals surface area contributed by atoms with E-state index in [2.05, 4.69) is 15.8 Å². The molecule has 0 saturated carbocycles. The van der Waals surface area contributed by atoms with Crippen LogP contribution in [-0.2, 0) is 16.4 Å². The minimum atomic E-state index is -3.67. The van der Waals surface area contributed by atoms with Crippen LogP contribution < -0.4 is 4.72 Å². The molecule has 1 unspecified atom stereocenters. The summed E-state index contributed by atoms with van der Waals surface area (Å²) in [4.78, 5) is 3.86. The predicted octanol–water partition coefficient (Wildman–Crippen LogP) is 2.23. The molecular weight excluding hydrogens is 298 g/mol. The lowest BCUT2D eigenvalue weighted by Gasteiger charge is -2.14. The molecule has 0 fully saturated rings. The van der Waals surface area contributed by atoms with Crippen LogP contribution in [-0.4, -0.2) is 13.4 Å². The summed E-state index contributed by atoms with van der Waals surface area (Å²) in [6.07, 6.45) is 2.94. The van der Waals surface area contributed by atoms with Crippen molar-refractivity contribution in [2.45, 2.75) is 30.7 Å². The van der Waals surface area contributed by atoms with E-state index in [9.17, 15) is 8.42 Å². The van der Waals surface area contributed by atoms with Gasteiger partial charge in [-0.15, -0.1) is 0 Å². The summed E-state index contributed by atoms with van der Waals surface area (Å²) in [5.74, 6) is 0. The molecule has 0 aliphatic heterocycles. The van der Waals surface area contributed by atoms with E-state index in [0.717, 1.165) is 18.4 Å². The molecule has 0 saturated heterocycles. The molecule has 112 valence electrons. The van der Waals surface area contributed by atoms with E-state index >= 15 is 0 Å². The molecule has 1 aliphatic carbocycles. The van der Waals surface area contributed by atoms with Gasteiger partial charge >= 0.3 is 0 Å². The molecule has 1 aromatic heterocycles. The van der Waals surface area contributed by atoms with E-state index in [1.54, 1.807) is 0 Å². The third-order valence-corrected chi connectivity index (χ3v) is 5.30. The van der Waals surface area contributed by atoms with Gasteiger partial charge in [-0.3, -0.25) is 0 Å². The molecular formula is C16H15N3O2S. The van der Waals surface area contributed by atoms with Crippen molar-refractivity contribution in [2.75, 3.05) is 0 Å². The van der Waals surface area contributed by atoms with Crippen LogP contribution in [0.4, 0.5) is 0 Å². The van der Waals surface area contributed by atoms with Crippen molar-refractivity contribution in [1.82, 2.24) is 9.71 Å². The van der Waals surface area contributed by atoms with Crippen LogP contribution in [0.2, 0.25) is 0 Å². The maximum absolute atomic E-state index is 12.5. The zero-order valence-corrected chi connectivity index (χ0v) is 12.9. The Morgan fingerprint density at radius 1 is 1.32 bits per heavy atom. The van der Waals surface area contributed by atoms with Crippen LogP contribution in [0.25, 0.3) is 0 Å². The van der Waals surface area contributed by atoms with Crippen molar-refractivity contribution in [3.63, 3.8) is 0 Å². The van der Waals surface area contributed by atoms with Crippen molar-refractivity contribution in [3.8, 4) is 6.07 Å².